The van der Waals surface area contributed by atoms with Crippen LogP contribution in [0, 0.1) is 0 Å². The van der Waals surface area contributed by atoms with Gasteiger partial charge in [-0.25, -0.2) is 0 Å². The quantitative estimate of drug-likeness (QED) is 0.304. The van der Waals surface area contributed by atoms with Crippen LogP contribution < -0.4 is 20.0 Å². The van der Waals surface area contributed by atoms with Crippen molar-refractivity contribution in [1.29, 1.82) is 0 Å². The molecule has 1 aromatic heterocycles. The van der Waals surface area contributed by atoms with E-state index in [1.54, 1.807) is 47.5 Å². The number of hydrogen-bond acceptors (Lipinski definition) is 4. The van der Waals surface area contributed by atoms with Gasteiger partial charge in [0.2, 0.25) is 0 Å². The Bertz CT molecular complexity index is 1470. The molecule has 8 heteroatoms. The fraction of sp³-hybridized carbons (Fsp3) is 0.111. The maximum absolute atomic E-state index is 13.1. The third-order valence-electron chi connectivity index (χ3n) is 5.81. The molecule has 174 valence electrons. The first-order valence-corrected chi connectivity index (χ1v) is 15.8. The van der Waals surface area contributed by atoms with E-state index in [1.807, 2.05) is 36.4 Å². The molecular formula is C27H23AsN4O3. The van der Waals surface area contributed by atoms with E-state index in [4.69, 9.17) is 0 Å². The van der Waals surface area contributed by atoms with E-state index in [0.717, 1.165) is 15.3 Å². The van der Waals surface area contributed by atoms with Gasteiger partial charge in [-0.3, -0.25) is 4.79 Å². The van der Waals surface area contributed by atoms with Gasteiger partial charge >= 0.3 is 173 Å². The number of carbonyl (C=O) groups excluding carboxylic acids is 3. The average molecular weight is 526 g/mol. The first kappa shape index (κ1) is 22.8. The number of nitrogens with zero attached hydrogens (tertiary/aromatic N) is 2. The molecule has 0 bridgehead atoms. The second-order valence-electron chi connectivity index (χ2n) is 8.40. The van der Waals surface area contributed by atoms with Gasteiger partial charge in [0.1, 0.15) is 0 Å². The fourth-order valence-corrected chi connectivity index (χ4v) is 6.22. The number of nitrogens with one attached hydrogen (secondary N) is 2. The Hall–Kier alpha value is -3.96. The number of aromatic nitrogens is 1. The molecule has 1 aliphatic heterocycles. The summed E-state index contributed by atoms with van der Waals surface area (Å²) in [6.07, 6.45) is 1.46. The molecular weight excluding hydrogens is 503 g/mol. The first-order valence-electron chi connectivity index (χ1n) is 11.1. The van der Waals surface area contributed by atoms with Gasteiger partial charge in [0.05, 0.1) is 0 Å². The zero-order valence-electron chi connectivity index (χ0n) is 19.3. The molecule has 0 spiro atoms. The van der Waals surface area contributed by atoms with Crippen molar-refractivity contribution in [2.75, 3.05) is 15.5 Å². The normalized spacial score (nSPS) is 13.4. The number of fused-ring (bicyclic) bond motifs is 3. The van der Waals surface area contributed by atoms with Gasteiger partial charge in [-0.05, 0) is 5.39 Å². The predicted octanol–water partition coefficient (Wildman–Crippen LogP) is 4.46. The van der Waals surface area contributed by atoms with E-state index < -0.39 is 14.7 Å². The molecule has 0 saturated carbocycles. The van der Waals surface area contributed by atoms with Gasteiger partial charge in [-0.1, -0.05) is 24.3 Å². The van der Waals surface area contributed by atoms with Crippen molar-refractivity contribution in [1.82, 2.24) is 4.98 Å². The van der Waals surface area contributed by atoms with Crippen LogP contribution in [0.1, 0.15) is 16.8 Å². The van der Waals surface area contributed by atoms with E-state index in [2.05, 4.69) is 27.0 Å². The fourth-order valence-electron chi connectivity index (χ4n) is 4.22. The summed E-state index contributed by atoms with van der Waals surface area (Å²) in [5.41, 5.74) is 7.30. The minimum atomic E-state index is -1.35. The summed E-state index contributed by atoms with van der Waals surface area (Å²) < 4.78 is 0.880. The first-order chi connectivity index (χ1) is 16.9. The summed E-state index contributed by atoms with van der Waals surface area (Å²) in [5.74, 6) is -0.878. The molecule has 0 saturated heterocycles. The number of pyridine rings is 1. The monoisotopic (exact) mass is 526 g/mol. The number of anilines is 4. The molecule has 35 heavy (non-hydrogen) atoms. The summed E-state index contributed by atoms with van der Waals surface area (Å²) in [6.45, 7) is 0. The molecule has 2 N–H and O–H groups in total. The van der Waals surface area contributed by atoms with Crippen molar-refractivity contribution in [3.63, 3.8) is 0 Å². The molecule has 1 aliphatic rings. The molecule has 3 aromatic carbocycles. The Kier molecular flexibility index (Phi) is 6.10. The van der Waals surface area contributed by atoms with Crippen LogP contribution in [0.5, 0.6) is 0 Å². The SMILES string of the molecule is C[As](C)c1ncccc1C(=O)Nc1ccc(N2C(=O)CC(=O)Nc3c2ccc2ccccc32)cc1. The Morgan fingerprint density at radius 1 is 0.971 bits per heavy atom. The third kappa shape index (κ3) is 4.43. The van der Waals surface area contributed by atoms with E-state index in [1.165, 1.54) is 0 Å². The number of rotatable bonds is 4. The molecule has 0 fully saturated rings. The van der Waals surface area contributed by atoms with Crippen LogP contribution in [0.3, 0.4) is 0 Å². The number of hydrogen-bond donors (Lipinski definition) is 2. The summed E-state index contributed by atoms with van der Waals surface area (Å²) in [4.78, 5) is 44.4. The van der Waals surface area contributed by atoms with Crippen molar-refractivity contribution in [3.05, 3.63) is 84.6 Å². The summed E-state index contributed by atoms with van der Waals surface area (Å²) in [7, 11) is 0. The van der Waals surface area contributed by atoms with Crippen LogP contribution in [0.2, 0.25) is 11.4 Å². The van der Waals surface area contributed by atoms with E-state index in [0.29, 0.717) is 28.3 Å². The van der Waals surface area contributed by atoms with Crippen LogP contribution in [0.4, 0.5) is 22.7 Å². The van der Waals surface area contributed by atoms with E-state index >= 15 is 0 Å². The van der Waals surface area contributed by atoms with Gasteiger partial charge in [0.25, 0.3) is 0 Å². The summed E-state index contributed by atoms with van der Waals surface area (Å²) in [6, 6.07) is 22.1. The summed E-state index contributed by atoms with van der Waals surface area (Å²) in [5, 5.41) is 7.67. The van der Waals surface area contributed by atoms with Crippen LogP contribution in [-0.2, 0) is 9.59 Å². The molecule has 3 amide bonds. The van der Waals surface area contributed by atoms with E-state index in [-0.39, 0.29) is 24.1 Å². The van der Waals surface area contributed by atoms with Gasteiger partial charge in [0.15, 0.2) is 0 Å². The van der Waals surface area contributed by atoms with E-state index in [9.17, 15) is 14.4 Å². The zero-order chi connectivity index (χ0) is 24.5. The van der Waals surface area contributed by atoms with Gasteiger partial charge in [0, 0.05) is 0 Å². The van der Waals surface area contributed by atoms with Crippen LogP contribution in [0.15, 0.2) is 79.0 Å². The number of benzene rings is 3. The number of amides is 3. The van der Waals surface area contributed by atoms with Crippen molar-refractivity contribution in [3.8, 4) is 0 Å². The second kappa shape index (κ2) is 9.35. The zero-order valence-corrected chi connectivity index (χ0v) is 21.2. The molecule has 4 aromatic rings. The van der Waals surface area contributed by atoms with Crippen LogP contribution in [0.25, 0.3) is 10.8 Å². The Morgan fingerprint density at radius 2 is 1.74 bits per heavy atom. The Balaban J connectivity index is 1.47. The van der Waals surface area contributed by atoms with Gasteiger partial charge < -0.3 is 0 Å². The standard InChI is InChI=1S/C27H23AsN4O3/c1-28(2)26-21(8-5-15-29-26)27(35)30-18-10-12-19(13-11-18)32-22-14-9-17-6-3-4-7-20(17)25(22)31-23(33)16-24(32)34/h3-15H,16H2,1-2H3,(H,30,35)(H,31,33). The van der Waals surface area contributed by atoms with Crippen LogP contribution in [-0.4, -0.2) is 37.4 Å². The maximum atomic E-state index is 13.1. The van der Waals surface area contributed by atoms with Gasteiger partial charge in [-0.2, -0.15) is 0 Å². The predicted molar refractivity (Wildman–Crippen MR) is 140 cm³/mol. The van der Waals surface area contributed by atoms with Crippen molar-refractivity contribution < 1.29 is 14.4 Å². The molecule has 0 aliphatic carbocycles. The van der Waals surface area contributed by atoms with Crippen LogP contribution >= 0.6 is 0 Å². The Morgan fingerprint density at radius 3 is 2.51 bits per heavy atom. The van der Waals surface area contributed by atoms with Crippen molar-refractivity contribution in [2.45, 2.75) is 17.8 Å². The molecule has 2 heterocycles. The molecule has 0 radical (unpaired) electrons. The number of carbonyl (C=O) groups is 3. The Labute approximate surface area is 207 Å². The van der Waals surface area contributed by atoms with Crippen molar-refractivity contribution in [2.24, 2.45) is 0 Å². The second-order valence-corrected chi connectivity index (χ2v) is 13.0. The third-order valence-corrected chi connectivity index (χ3v) is 8.34. The topological polar surface area (TPSA) is 91.4 Å². The van der Waals surface area contributed by atoms with Crippen molar-refractivity contribution >= 4 is 70.4 Å². The molecule has 0 atom stereocenters. The average Bonchev–Trinajstić information content (AvgIpc) is 2.99. The van der Waals surface area contributed by atoms with Gasteiger partial charge in [-0.15, -0.1) is 0 Å². The minimum absolute atomic E-state index is 0.207. The molecule has 0 unspecified atom stereocenters. The summed E-state index contributed by atoms with van der Waals surface area (Å²) >= 11 is -1.35. The molecule has 5 rings (SSSR count). The molecule has 7 nitrogen and oxygen atoms in total.